The second-order valence-corrected chi connectivity index (χ2v) is 6.28. The number of hydrogen-bond donors (Lipinski definition) is 1. The summed E-state index contributed by atoms with van der Waals surface area (Å²) < 4.78 is 15.8. The molecular formula is C20H26N2O4. The van der Waals surface area contributed by atoms with Gasteiger partial charge in [0.05, 0.1) is 27.0 Å². The molecule has 0 fully saturated rings. The summed E-state index contributed by atoms with van der Waals surface area (Å²) in [6, 6.07) is 3.19. The summed E-state index contributed by atoms with van der Waals surface area (Å²) in [6.45, 7) is 8.04. The van der Waals surface area contributed by atoms with E-state index >= 15 is 0 Å². The lowest BCUT2D eigenvalue weighted by atomic mass is 9.85. The van der Waals surface area contributed by atoms with Crippen molar-refractivity contribution in [2.75, 3.05) is 21.3 Å². The normalized spacial score (nSPS) is 18.1. The highest BCUT2D eigenvalue weighted by atomic mass is 16.5. The third kappa shape index (κ3) is 4.25. The molecule has 0 aromatic heterocycles. The summed E-state index contributed by atoms with van der Waals surface area (Å²) in [6.07, 6.45) is 3.86. The molecule has 1 aliphatic carbocycles. The van der Waals surface area contributed by atoms with E-state index in [2.05, 4.69) is 23.2 Å². The third-order valence-corrected chi connectivity index (χ3v) is 4.52. The highest BCUT2D eigenvalue weighted by Gasteiger charge is 2.20. The number of benzene rings is 1. The molecule has 1 amide bonds. The van der Waals surface area contributed by atoms with E-state index in [1.54, 1.807) is 12.1 Å². The quantitative estimate of drug-likeness (QED) is 0.621. The van der Waals surface area contributed by atoms with Gasteiger partial charge < -0.3 is 14.2 Å². The van der Waals surface area contributed by atoms with Crippen LogP contribution in [0.5, 0.6) is 17.2 Å². The third-order valence-electron chi connectivity index (χ3n) is 4.52. The van der Waals surface area contributed by atoms with Gasteiger partial charge in [0.25, 0.3) is 5.91 Å². The van der Waals surface area contributed by atoms with Crippen LogP contribution in [-0.2, 0) is 0 Å². The van der Waals surface area contributed by atoms with Crippen molar-refractivity contribution in [1.29, 1.82) is 0 Å². The number of hydrazone groups is 1. The number of rotatable bonds is 6. The van der Waals surface area contributed by atoms with Gasteiger partial charge in [-0.15, -0.1) is 0 Å². The molecule has 0 saturated heterocycles. The van der Waals surface area contributed by atoms with Gasteiger partial charge in [-0.25, -0.2) is 5.43 Å². The van der Waals surface area contributed by atoms with E-state index in [9.17, 15) is 4.79 Å². The molecule has 0 aliphatic heterocycles. The first kappa shape index (κ1) is 19.6. The zero-order valence-corrected chi connectivity index (χ0v) is 16.0. The maximum absolute atomic E-state index is 12.5. The fourth-order valence-electron chi connectivity index (χ4n) is 2.82. The molecule has 0 radical (unpaired) electrons. The van der Waals surface area contributed by atoms with Gasteiger partial charge in [0.2, 0.25) is 5.75 Å². The van der Waals surface area contributed by atoms with Crippen LogP contribution < -0.4 is 19.6 Å². The number of methoxy groups -OCH3 is 3. The Morgan fingerprint density at radius 3 is 2.31 bits per heavy atom. The van der Waals surface area contributed by atoms with Gasteiger partial charge in [-0.2, -0.15) is 5.10 Å². The molecule has 6 heteroatoms. The molecule has 1 aliphatic rings. The average Bonchev–Trinajstić information content (AvgIpc) is 2.65. The largest absolute Gasteiger partial charge is 0.493 e. The van der Waals surface area contributed by atoms with Gasteiger partial charge in [-0.3, -0.25) is 4.79 Å². The number of carbonyl (C=O) groups is 1. The van der Waals surface area contributed by atoms with Crippen molar-refractivity contribution in [3.63, 3.8) is 0 Å². The Labute approximate surface area is 154 Å². The summed E-state index contributed by atoms with van der Waals surface area (Å²) in [4.78, 5) is 12.5. The van der Waals surface area contributed by atoms with Crippen LogP contribution in [0.4, 0.5) is 0 Å². The molecule has 0 bridgehead atoms. The molecule has 1 aromatic carbocycles. The van der Waals surface area contributed by atoms with Crippen LogP contribution in [0.25, 0.3) is 0 Å². The van der Waals surface area contributed by atoms with Crippen molar-refractivity contribution in [3.05, 3.63) is 41.5 Å². The number of carbonyl (C=O) groups excluding carboxylic acids is 1. The van der Waals surface area contributed by atoms with Crippen LogP contribution in [0.3, 0.4) is 0 Å². The van der Waals surface area contributed by atoms with Gasteiger partial charge in [0.1, 0.15) is 0 Å². The zero-order valence-electron chi connectivity index (χ0n) is 16.0. The van der Waals surface area contributed by atoms with E-state index in [1.807, 2.05) is 13.8 Å². The van der Waals surface area contributed by atoms with Crippen molar-refractivity contribution in [1.82, 2.24) is 5.43 Å². The minimum atomic E-state index is -0.345. The molecule has 140 valence electrons. The first-order valence-corrected chi connectivity index (χ1v) is 8.40. The molecule has 1 atom stereocenters. The summed E-state index contributed by atoms with van der Waals surface area (Å²) in [5, 5.41) is 4.32. The number of ether oxygens (including phenoxy) is 3. The number of amides is 1. The van der Waals surface area contributed by atoms with E-state index in [0.717, 1.165) is 29.7 Å². The molecule has 6 nitrogen and oxygen atoms in total. The van der Waals surface area contributed by atoms with E-state index in [4.69, 9.17) is 14.2 Å². The first-order valence-electron chi connectivity index (χ1n) is 8.40. The molecule has 0 heterocycles. The van der Waals surface area contributed by atoms with Crippen molar-refractivity contribution >= 4 is 11.6 Å². The number of nitrogens with one attached hydrogen (secondary N) is 1. The highest BCUT2D eigenvalue weighted by Crippen LogP contribution is 2.38. The van der Waals surface area contributed by atoms with Gasteiger partial charge >= 0.3 is 0 Å². The Morgan fingerprint density at radius 2 is 1.81 bits per heavy atom. The molecular weight excluding hydrogens is 332 g/mol. The number of nitrogens with zero attached hydrogens (tertiary/aromatic N) is 1. The Balaban J connectivity index is 2.23. The topological polar surface area (TPSA) is 69.2 Å². The molecule has 0 saturated carbocycles. The summed E-state index contributed by atoms with van der Waals surface area (Å²) >= 11 is 0. The lowest BCUT2D eigenvalue weighted by Gasteiger charge is -2.22. The van der Waals surface area contributed by atoms with E-state index < -0.39 is 0 Å². The van der Waals surface area contributed by atoms with Crippen molar-refractivity contribution in [3.8, 4) is 17.2 Å². The van der Waals surface area contributed by atoms with Crippen LogP contribution in [0.2, 0.25) is 0 Å². The fraction of sp³-hybridized carbons (Fsp3) is 0.400. The monoisotopic (exact) mass is 358 g/mol. The lowest BCUT2D eigenvalue weighted by molar-refractivity contribution is 0.0954. The predicted octanol–water partition coefficient (Wildman–Crippen LogP) is 3.73. The van der Waals surface area contributed by atoms with Crippen molar-refractivity contribution in [2.45, 2.75) is 26.7 Å². The SMILES string of the molecule is C=C(C)C1CC=C(C)C(=NNC(=O)c2cc(OC)c(OC)c(OC)c2)C1. The Hall–Kier alpha value is -2.76. The maximum atomic E-state index is 12.5. The van der Waals surface area contributed by atoms with Crippen LogP contribution in [0, 0.1) is 5.92 Å². The van der Waals surface area contributed by atoms with Crippen molar-refractivity contribution < 1.29 is 19.0 Å². The van der Waals surface area contributed by atoms with Gasteiger partial charge in [-0.1, -0.05) is 18.2 Å². The van der Waals surface area contributed by atoms with Crippen LogP contribution in [-0.4, -0.2) is 32.9 Å². The lowest BCUT2D eigenvalue weighted by Crippen LogP contribution is -2.23. The minimum absolute atomic E-state index is 0.345. The molecule has 26 heavy (non-hydrogen) atoms. The fourth-order valence-corrected chi connectivity index (χ4v) is 2.82. The smallest absolute Gasteiger partial charge is 0.271 e. The minimum Gasteiger partial charge on any atom is -0.493 e. The second kappa shape index (κ2) is 8.56. The first-order chi connectivity index (χ1) is 12.4. The van der Waals surface area contributed by atoms with Gasteiger partial charge in [0, 0.05) is 5.56 Å². The number of hydrogen-bond acceptors (Lipinski definition) is 5. The van der Waals surface area contributed by atoms with Gasteiger partial charge in [-0.05, 0) is 50.3 Å². The molecule has 1 aromatic rings. The Bertz CT molecular complexity index is 740. The highest BCUT2D eigenvalue weighted by molar-refractivity contribution is 6.02. The van der Waals surface area contributed by atoms with Crippen molar-refractivity contribution in [2.24, 2.45) is 11.0 Å². The average molecular weight is 358 g/mol. The van der Waals surface area contributed by atoms with Crippen LogP contribution in [0.1, 0.15) is 37.0 Å². The maximum Gasteiger partial charge on any atom is 0.271 e. The van der Waals surface area contributed by atoms with Gasteiger partial charge in [0.15, 0.2) is 11.5 Å². The summed E-state index contributed by atoms with van der Waals surface area (Å²) in [5.74, 6) is 1.28. The van der Waals surface area contributed by atoms with E-state index in [-0.39, 0.29) is 5.91 Å². The predicted molar refractivity (Wildman–Crippen MR) is 102 cm³/mol. The van der Waals surface area contributed by atoms with Crippen LogP contribution >= 0.6 is 0 Å². The molecule has 1 unspecified atom stereocenters. The number of allylic oxidation sites excluding steroid dienone is 3. The van der Waals surface area contributed by atoms with Crippen LogP contribution in [0.15, 0.2) is 41.0 Å². The summed E-state index contributed by atoms with van der Waals surface area (Å²) in [7, 11) is 4.53. The van der Waals surface area contributed by atoms with E-state index in [1.165, 1.54) is 21.3 Å². The summed E-state index contributed by atoms with van der Waals surface area (Å²) in [5.41, 5.74) is 6.06. The second-order valence-electron chi connectivity index (χ2n) is 6.28. The molecule has 1 N–H and O–H groups in total. The molecule has 2 rings (SSSR count). The Kier molecular flexibility index (Phi) is 6.44. The standard InChI is InChI=1S/C20H26N2O4/c1-12(2)14-8-7-13(3)16(9-14)21-22-20(23)15-10-17(24-4)19(26-6)18(11-15)25-5/h7,10-11,14H,1,8-9H2,2-6H3,(H,22,23). The zero-order chi connectivity index (χ0) is 19.3. The van der Waals surface area contributed by atoms with E-state index in [0.29, 0.717) is 28.7 Å². The molecule has 0 spiro atoms. The Morgan fingerprint density at radius 1 is 1.19 bits per heavy atom.